The fraction of sp³-hybridized carbons (Fsp3) is 0.111. The van der Waals surface area contributed by atoms with Crippen LogP contribution in [0.25, 0.3) is 16.6 Å². The molecule has 0 unspecified atom stereocenters. The van der Waals surface area contributed by atoms with Gasteiger partial charge in [-0.1, -0.05) is 41.4 Å². The zero-order valence-electron chi connectivity index (χ0n) is 12.9. The highest BCUT2D eigenvalue weighted by Gasteiger charge is 2.13. The summed E-state index contributed by atoms with van der Waals surface area (Å²) in [7, 11) is 0. The summed E-state index contributed by atoms with van der Waals surface area (Å²) >= 11 is 12.5. The fourth-order valence-corrected chi connectivity index (χ4v) is 3.45. The Labute approximate surface area is 148 Å². The van der Waals surface area contributed by atoms with Gasteiger partial charge in [0.2, 0.25) is 5.95 Å². The summed E-state index contributed by atoms with van der Waals surface area (Å²) in [5.41, 5.74) is 10.5. The van der Waals surface area contributed by atoms with E-state index in [-0.39, 0.29) is 0 Å². The number of para-hydroxylation sites is 1. The molecule has 2 heterocycles. The third kappa shape index (κ3) is 2.39. The zero-order valence-corrected chi connectivity index (χ0v) is 14.4. The summed E-state index contributed by atoms with van der Waals surface area (Å²) in [5.74, 6) is 0.413. The summed E-state index contributed by atoms with van der Waals surface area (Å²) in [6, 6.07) is 11.5. The first-order valence-electron chi connectivity index (χ1n) is 7.50. The number of imidazole rings is 1. The number of nitrogens with zero attached hydrogens (tertiary/aromatic N) is 3. The molecular weight excluding hydrogens is 343 g/mol. The maximum Gasteiger partial charge on any atom is 0.206 e. The van der Waals surface area contributed by atoms with Crippen LogP contribution in [0.15, 0.2) is 42.6 Å². The van der Waals surface area contributed by atoms with Crippen molar-refractivity contribution in [2.45, 2.75) is 13.3 Å². The van der Waals surface area contributed by atoms with Gasteiger partial charge in [0.15, 0.2) is 0 Å². The average Bonchev–Trinajstić information content (AvgIpc) is 2.97. The number of aryl methyl sites for hydroxylation is 1. The molecule has 2 N–H and O–H groups in total. The first-order chi connectivity index (χ1) is 11.5. The molecule has 4 rings (SSSR count). The van der Waals surface area contributed by atoms with Crippen molar-refractivity contribution in [3.05, 3.63) is 69.5 Å². The third-order valence-electron chi connectivity index (χ3n) is 4.13. The van der Waals surface area contributed by atoms with Crippen molar-refractivity contribution in [2.24, 2.45) is 0 Å². The molecule has 0 bridgehead atoms. The van der Waals surface area contributed by atoms with Gasteiger partial charge in [-0.2, -0.15) is 0 Å². The Bertz CT molecular complexity index is 1070. The second kappa shape index (κ2) is 5.65. The number of nitrogens with two attached hydrogens (primary N) is 1. The van der Waals surface area contributed by atoms with Crippen LogP contribution in [0.5, 0.6) is 0 Å². The molecule has 2 aromatic carbocycles. The molecule has 0 aliphatic carbocycles. The third-order valence-corrected chi connectivity index (χ3v) is 4.84. The van der Waals surface area contributed by atoms with Gasteiger partial charge in [-0.25, -0.2) is 9.97 Å². The fourth-order valence-electron chi connectivity index (χ4n) is 2.92. The summed E-state index contributed by atoms with van der Waals surface area (Å²) < 4.78 is 1.81. The van der Waals surface area contributed by atoms with E-state index in [1.54, 1.807) is 0 Å². The number of benzene rings is 2. The standard InChI is InChI=1S/C18H14Cl2N4/c1-10-4-2-5-12-16(10)23-18(21)24-9-11(22-17(12)24)8-13-14(19)6-3-7-15(13)20/h2-7,9H,8H2,1H3,(H2,21,23). The van der Waals surface area contributed by atoms with Crippen LogP contribution in [0.4, 0.5) is 5.95 Å². The zero-order chi connectivity index (χ0) is 16.8. The van der Waals surface area contributed by atoms with Crippen molar-refractivity contribution in [1.82, 2.24) is 14.4 Å². The minimum atomic E-state index is 0.413. The van der Waals surface area contributed by atoms with Gasteiger partial charge in [-0.3, -0.25) is 4.40 Å². The number of halogens is 2. The van der Waals surface area contributed by atoms with Crippen LogP contribution >= 0.6 is 23.2 Å². The highest BCUT2D eigenvalue weighted by molar-refractivity contribution is 6.36. The van der Waals surface area contributed by atoms with Gasteiger partial charge in [0.05, 0.1) is 11.2 Å². The molecule has 6 heteroatoms. The van der Waals surface area contributed by atoms with E-state index in [0.717, 1.165) is 33.4 Å². The number of fused-ring (bicyclic) bond motifs is 3. The Kier molecular flexibility index (Phi) is 3.59. The predicted octanol–water partition coefficient (Wildman–Crippen LogP) is 4.67. The van der Waals surface area contributed by atoms with Gasteiger partial charge in [0.25, 0.3) is 0 Å². The van der Waals surface area contributed by atoms with E-state index in [1.165, 1.54) is 0 Å². The number of rotatable bonds is 2. The van der Waals surface area contributed by atoms with Crippen molar-refractivity contribution < 1.29 is 0 Å². The lowest BCUT2D eigenvalue weighted by molar-refractivity contribution is 1.10. The van der Waals surface area contributed by atoms with Gasteiger partial charge in [-0.15, -0.1) is 0 Å². The number of aromatic nitrogens is 3. The Morgan fingerprint density at radius 2 is 1.75 bits per heavy atom. The summed E-state index contributed by atoms with van der Waals surface area (Å²) in [4.78, 5) is 9.25. The largest absolute Gasteiger partial charge is 0.369 e. The van der Waals surface area contributed by atoms with Crippen molar-refractivity contribution in [3.8, 4) is 0 Å². The van der Waals surface area contributed by atoms with E-state index in [2.05, 4.69) is 4.98 Å². The molecule has 0 saturated carbocycles. The Morgan fingerprint density at radius 3 is 2.50 bits per heavy atom. The Hall–Kier alpha value is -2.30. The second-order valence-corrected chi connectivity index (χ2v) is 6.56. The molecule has 120 valence electrons. The van der Waals surface area contributed by atoms with Gasteiger partial charge in [0.1, 0.15) is 5.65 Å². The highest BCUT2D eigenvalue weighted by Crippen LogP contribution is 2.28. The number of nitrogen functional groups attached to an aromatic ring is 1. The molecule has 4 nitrogen and oxygen atoms in total. The SMILES string of the molecule is Cc1cccc2c1nc(N)n1cc(Cc3c(Cl)cccc3Cl)nc21. The molecule has 24 heavy (non-hydrogen) atoms. The maximum atomic E-state index is 6.27. The van der Waals surface area contributed by atoms with Crippen LogP contribution in [0.3, 0.4) is 0 Å². The molecule has 0 spiro atoms. The van der Waals surface area contributed by atoms with Gasteiger partial charge < -0.3 is 5.73 Å². The lowest BCUT2D eigenvalue weighted by Gasteiger charge is -2.05. The van der Waals surface area contributed by atoms with Crippen molar-refractivity contribution in [3.63, 3.8) is 0 Å². The van der Waals surface area contributed by atoms with Crippen LogP contribution in [0.1, 0.15) is 16.8 Å². The second-order valence-electron chi connectivity index (χ2n) is 5.74. The molecule has 2 aromatic heterocycles. The molecule has 0 aliphatic heterocycles. The van der Waals surface area contributed by atoms with Crippen LogP contribution in [-0.4, -0.2) is 14.4 Å². The number of hydrogen-bond acceptors (Lipinski definition) is 3. The van der Waals surface area contributed by atoms with Crippen LogP contribution in [-0.2, 0) is 6.42 Å². The summed E-state index contributed by atoms with van der Waals surface area (Å²) in [6.45, 7) is 2.01. The topological polar surface area (TPSA) is 56.2 Å². The van der Waals surface area contributed by atoms with E-state index in [9.17, 15) is 0 Å². The van der Waals surface area contributed by atoms with Crippen LogP contribution < -0.4 is 5.73 Å². The highest BCUT2D eigenvalue weighted by atomic mass is 35.5. The lowest BCUT2D eigenvalue weighted by Crippen LogP contribution is -2.01. The molecule has 0 aliphatic rings. The summed E-state index contributed by atoms with van der Waals surface area (Å²) in [5, 5.41) is 2.23. The normalized spacial score (nSPS) is 11.5. The van der Waals surface area contributed by atoms with Crippen molar-refractivity contribution in [2.75, 3.05) is 5.73 Å². The molecular formula is C18H14Cl2N4. The van der Waals surface area contributed by atoms with Gasteiger partial charge in [-0.05, 0) is 36.2 Å². The van der Waals surface area contributed by atoms with Gasteiger partial charge >= 0.3 is 0 Å². The van der Waals surface area contributed by atoms with Gasteiger partial charge in [0, 0.05) is 28.0 Å². The van der Waals surface area contributed by atoms with E-state index >= 15 is 0 Å². The van der Waals surface area contributed by atoms with E-state index < -0.39 is 0 Å². The lowest BCUT2D eigenvalue weighted by atomic mass is 10.1. The Morgan fingerprint density at radius 1 is 1.04 bits per heavy atom. The molecule has 0 radical (unpaired) electrons. The first-order valence-corrected chi connectivity index (χ1v) is 8.26. The van der Waals surface area contributed by atoms with E-state index in [0.29, 0.717) is 22.4 Å². The van der Waals surface area contributed by atoms with Crippen LogP contribution in [0.2, 0.25) is 10.0 Å². The Balaban J connectivity index is 1.91. The monoisotopic (exact) mass is 356 g/mol. The molecule has 0 fully saturated rings. The smallest absolute Gasteiger partial charge is 0.206 e. The van der Waals surface area contributed by atoms with Crippen molar-refractivity contribution in [1.29, 1.82) is 0 Å². The van der Waals surface area contributed by atoms with Crippen molar-refractivity contribution >= 4 is 45.7 Å². The minimum Gasteiger partial charge on any atom is -0.369 e. The average molecular weight is 357 g/mol. The number of hydrogen-bond donors (Lipinski definition) is 1. The summed E-state index contributed by atoms with van der Waals surface area (Å²) in [6.07, 6.45) is 2.42. The quantitative estimate of drug-likeness (QED) is 0.567. The minimum absolute atomic E-state index is 0.413. The molecule has 0 saturated heterocycles. The van der Waals surface area contributed by atoms with E-state index in [4.69, 9.17) is 33.9 Å². The predicted molar refractivity (Wildman–Crippen MR) is 98.9 cm³/mol. The van der Waals surface area contributed by atoms with Crippen LogP contribution in [0, 0.1) is 6.92 Å². The van der Waals surface area contributed by atoms with E-state index in [1.807, 2.05) is 53.9 Å². The maximum absolute atomic E-state index is 6.27. The first kappa shape index (κ1) is 15.2. The molecule has 0 atom stereocenters. The number of anilines is 1. The molecule has 0 amide bonds. The molecule has 4 aromatic rings.